The Morgan fingerprint density at radius 2 is 1.86 bits per heavy atom. The topological polar surface area (TPSA) is 61.5 Å². The Kier molecular flexibility index (Phi) is 8.51. The van der Waals surface area contributed by atoms with Crippen LogP contribution in [0.3, 0.4) is 0 Å². The zero-order valence-corrected chi connectivity index (χ0v) is 13.1. The van der Waals surface area contributed by atoms with Crippen molar-refractivity contribution in [3.63, 3.8) is 0 Å². The van der Waals surface area contributed by atoms with E-state index in [9.17, 15) is 4.79 Å². The Morgan fingerprint density at radius 1 is 1.14 bits per heavy atom. The normalized spacial score (nSPS) is 12.0. The van der Waals surface area contributed by atoms with Crippen LogP contribution in [-0.2, 0) is 16.0 Å². The molecule has 0 aliphatic rings. The maximum absolute atomic E-state index is 11.5. The third-order valence-electron chi connectivity index (χ3n) is 3.23. The van der Waals surface area contributed by atoms with E-state index in [2.05, 4.69) is 6.92 Å². The summed E-state index contributed by atoms with van der Waals surface area (Å²) < 4.78 is 10.6. The van der Waals surface area contributed by atoms with Crippen LogP contribution in [0.2, 0.25) is 0 Å². The van der Waals surface area contributed by atoms with Gasteiger partial charge in [-0.1, -0.05) is 38.3 Å². The molecule has 118 valence electrons. The maximum Gasteiger partial charge on any atom is 0.323 e. The number of esters is 1. The maximum atomic E-state index is 11.5. The lowest BCUT2D eigenvalue weighted by atomic mass is 10.1. The molecular formula is C17H27NO3. The van der Waals surface area contributed by atoms with E-state index < -0.39 is 6.04 Å². The first-order valence-corrected chi connectivity index (χ1v) is 7.81. The van der Waals surface area contributed by atoms with Gasteiger partial charge in [-0.15, -0.1) is 0 Å². The fourth-order valence-corrected chi connectivity index (χ4v) is 2.03. The molecule has 0 aromatic heterocycles. The second-order valence-corrected chi connectivity index (χ2v) is 5.12. The highest BCUT2D eigenvalue weighted by Gasteiger charge is 2.14. The summed E-state index contributed by atoms with van der Waals surface area (Å²) in [7, 11) is 0. The minimum Gasteiger partial charge on any atom is -0.494 e. The number of hydrogen-bond acceptors (Lipinski definition) is 4. The molecule has 0 aliphatic carbocycles. The van der Waals surface area contributed by atoms with Gasteiger partial charge in [0.15, 0.2) is 0 Å². The van der Waals surface area contributed by atoms with E-state index in [1.165, 1.54) is 19.3 Å². The highest BCUT2D eigenvalue weighted by molar-refractivity contribution is 5.75. The summed E-state index contributed by atoms with van der Waals surface area (Å²) in [4.78, 5) is 11.5. The molecule has 2 N–H and O–H groups in total. The first-order chi connectivity index (χ1) is 10.2. The van der Waals surface area contributed by atoms with Crippen molar-refractivity contribution >= 4 is 5.97 Å². The summed E-state index contributed by atoms with van der Waals surface area (Å²) >= 11 is 0. The van der Waals surface area contributed by atoms with Gasteiger partial charge in [-0.05, 0) is 37.5 Å². The number of benzene rings is 1. The summed E-state index contributed by atoms with van der Waals surface area (Å²) in [6, 6.07) is 7.13. The number of carbonyl (C=O) groups excluding carboxylic acids is 1. The van der Waals surface area contributed by atoms with E-state index in [1.54, 1.807) is 6.92 Å². The van der Waals surface area contributed by atoms with Gasteiger partial charge in [-0.25, -0.2) is 0 Å². The molecule has 4 nitrogen and oxygen atoms in total. The summed E-state index contributed by atoms with van der Waals surface area (Å²) in [6.07, 6.45) is 5.27. The van der Waals surface area contributed by atoms with Gasteiger partial charge >= 0.3 is 5.97 Å². The minimum absolute atomic E-state index is 0.353. The van der Waals surface area contributed by atoms with E-state index in [-0.39, 0.29) is 5.97 Å². The minimum atomic E-state index is -0.606. The highest BCUT2D eigenvalue weighted by atomic mass is 16.5. The summed E-state index contributed by atoms with van der Waals surface area (Å²) in [5.41, 5.74) is 6.80. The van der Waals surface area contributed by atoms with Gasteiger partial charge in [0.2, 0.25) is 0 Å². The molecule has 0 fully saturated rings. The van der Waals surface area contributed by atoms with Gasteiger partial charge in [0.25, 0.3) is 0 Å². The van der Waals surface area contributed by atoms with Crippen LogP contribution < -0.4 is 10.5 Å². The van der Waals surface area contributed by atoms with Crippen molar-refractivity contribution in [1.29, 1.82) is 0 Å². The van der Waals surface area contributed by atoms with E-state index in [4.69, 9.17) is 15.2 Å². The third-order valence-corrected chi connectivity index (χ3v) is 3.23. The SMILES string of the molecule is CCCCCCOc1ccc(CC(N)C(=O)OCC)cc1. The van der Waals surface area contributed by atoms with Crippen molar-refractivity contribution in [3.8, 4) is 5.75 Å². The first-order valence-electron chi connectivity index (χ1n) is 7.81. The Balaban J connectivity index is 2.34. The molecule has 0 saturated carbocycles. The summed E-state index contributed by atoms with van der Waals surface area (Å²) in [5.74, 6) is 0.508. The predicted molar refractivity (Wildman–Crippen MR) is 84.4 cm³/mol. The average Bonchev–Trinajstić information content (AvgIpc) is 2.49. The van der Waals surface area contributed by atoms with Crippen molar-refractivity contribution in [3.05, 3.63) is 29.8 Å². The van der Waals surface area contributed by atoms with Crippen LogP contribution in [-0.4, -0.2) is 25.2 Å². The quantitative estimate of drug-likeness (QED) is 0.532. The van der Waals surface area contributed by atoms with Gasteiger partial charge in [-0.2, -0.15) is 0 Å². The van der Waals surface area contributed by atoms with Crippen LogP contribution in [0.25, 0.3) is 0 Å². The average molecular weight is 293 g/mol. The molecule has 0 heterocycles. The molecule has 0 radical (unpaired) electrons. The molecule has 0 saturated heterocycles. The first kappa shape index (κ1) is 17.5. The largest absolute Gasteiger partial charge is 0.494 e. The standard InChI is InChI=1S/C17H27NO3/c1-3-5-6-7-12-21-15-10-8-14(9-11-15)13-16(18)17(19)20-4-2/h8-11,16H,3-7,12-13,18H2,1-2H3. The molecule has 4 heteroatoms. The Morgan fingerprint density at radius 3 is 2.48 bits per heavy atom. The van der Waals surface area contributed by atoms with E-state index in [0.29, 0.717) is 13.0 Å². The molecule has 0 amide bonds. The van der Waals surface area contributed by atoms with E-state index in [0.717, 1.165) is 24.3 Å². The fraction of sp³-hybridized carbons (Fsp3) is 0.588. The molecule has 0 bridgehead atoms. The molecule has 1 aromatic carbocycles. The number of hydrogen-bond donors (Lipinski definition) is 1. The van der Waals surface area contributed by atoms with Crippen LogP contribution >= 0.6 is 0 Å². The Bertz CT molecular complexity index is 403. The molecule has 1 atom stereocenters. The molecule has 1 unspecified atom stereocenters. The smallest absolute Gasteiger partial charge is 0.323 e. The molecular weight excluding hydrogens is 266 g/mol. The van der Waals surface area contributed by atoms with Gasteiger partial charge in [0, 0.05) is 0 Å². The lowest BCUT2D eigenvalue weighted by molar-refractivity contribution is -0.144. The van der Waals surface area contributed by atoms with Crippen LogP contribution in [0, 0.1) is 0 Å². The van der Waals surface area contributed by atoms with Gasteiger partial charge in [0.1, 0.15) is 11.8 Å². The summed E-state index contributed by atoms with van der Waals surface area (Å²) in [5, 5.41) is 0. The van der Waals surface area contributed by atoms with Crippen molar-refractivity contribution in [2.45, 2.75) is 52.0 Å². The zero-order chi connectivity index (χ0) is 15.5. The predicted octanol–water partition coefficient (Wildman–Crippen LogP) is 3.08. The van der Waals surface area contributed by atoms with Crippen LogP contribution in [0.4, 0.5) is 0 Å². The molecule has 21 heavy (non-hydrogen) atoms. The van der Waals surface area contributed by atoms with Crippen molar-refractivity contribution < 1.29 is 14.3 Å². The molecule has 0 aliphatic heterocycles. The lowest BCUT2D eigenvalue weighted by Crippen LogP contribution is -2.34. The molecule has 1 aromatic rings. The monoisotopic (exact) mass is 293 g/mol. The van der Waals surface area contributed by atoms with E-state index in [1.807, 2.05) is 24.3 Å². The van der Waals surface area contributed by atoms with Crippen LogP contribution in [0.5, 0.6) is 5.75 Å². The molecule has 0 spiro atoms. The van der Waals surface area contributed by atoms with Crippen molar-refractivity contribution in [2.75, 3.05) is 13.2 Å². The second-order valence-electron chi connectivity index (χ2n) is 5.12. The Hall–Kier alpha value is -1.55. The Labute approximate surface area is 127 Å². The van der Waals surface area contributed by atoms with Crippen LogP contribution in [0.15, 0.2) is 24.3 Å². The van der Waals surface area contributed by atoms with E-state index >= 15 is 0 Å². The number of carbonyl (C=O) groups is 1. The fourth-order valence-electron chi connectivity index (χ4n) is 2.03. The van der Waals surface area contributed by atoms with Crippen molar-refractivity contribution in [1.82, 2.24) is 0 Å². The summed E-state index contributed by atoms with van der Waals surface area (Å²) in [6.45, 7) is 5.08. The second kappa shape index (κ2) is 10.2. The van der Waals surface area contributed by atoms with Gasteiger partial charge in [0.05, 0.1) is 13.2 Å². The number of nitrogens with two attached hydrogens (primary N) is 1. The van der Waals surface area contributed by atoms with Gasteiger partial charge in [-0.3, -0.25) is 4.79 Å². The number of ether oxygens (including phenoxy) is 2. The van der Waals surface area contributed by atoms with Crippen LogP contribution in [0.1, 0.15) is 45.1 Å². The number of unbranched alkanes of at least 4 members (excludes halogenated alkanes) is 3. The number of rotatable bonds is 10. The third kappa shape index (κ3) is 7.14. The lowest BCUT2D eigenvalue weighted by Gasteiger charge is -2.11. The van der Waals surface area contributed by atoms with Crippen molar-refractivity contribution in [2.24, 2.45) is 5.73 Å². The zero-order valence-electron chi connectivity index (χ0n) is 13.1. The molecule has 1 rings (SSSR count). The highest BCUT2D eigenvalue weighted by Crippen LogP contribution is 2.14. The van der Waals surface area contributed by atoms with Gasteiger partial charge < -0.3 is 15.2 Å².